The van der Waals surface area contributed by atoms with E-state index in [-0.39, 0.29) is 22.4 Å². The molecule has 0 amide bonds. The van der Waals surface area contributed by atoms with Gasteiger partial charge in [0.25, 0.3) is 0 Å². The third kappa shape index (κ3) is 3.54. The Morgan fingerprint density at radius 1 is 1.05 bits per heavy atom. The van der Waals surface area contributed by atoms with Gasteiger partial charge in [-0.25, -0.2) is 0 Å². The summed E-state index contributed by atoms with van der Waals surface area (Å²) in [5.74, 6) is 0. The summed E-state index contributed by atoms with van der Waals surface area (Å²) in [7, 11) is 0. The molecule has 1 aliphatic rings. The summed E-state index contributed by atoms with van der Waals surface area (Å²) < 4.78 is 2.53. The second-order valence-electron chi connectivity index (χ2n) is 5.98. The van der Waals surface area contributed by atoms with Crippen molar-refractivity contribution in [2.75, 3.05) is 11.9 Å². The van der Waals surface area contributed by atoms with Crippen molar-refractivity contribution in [1.82, 2.24) is 0 Å². The van der Waals surface area contributed by atoms with Crippen LogP contribution in [0.4, 0.5) is 5.69 Å². The Bertz CT molecular complexity index is 478. The minimum atomic E-state index is 0. The zero-order valence-electron chi connectivity index (χ0n) is 12.8. The maximum Gasteiger partial charge on any atom is 0.209 e. The number of benzene rings is 1. The first-order chi connectivity index (χ1) is 9.09. The summed E-state index contributed by atoms with van der Waals surface area (Å²) in [6.07, 6.45) is 5.25. The van der Waals surface area contributed by atoms with E-state index in [1.165, 1.54) is 42.6 Å². The van der Waals surface area contributed by atoms with Gasteiger partial charge in [0, 0.05) is 30.3 Å². The number of para-hydroxylation sites is 1. The van der Waals surface area contributed by atoms with Gasteiger partial charge in [-0.05, 0) is 26.7 Å². The lowest BCUT2D eigenvalue weighted by atomic mass is 9.82. The molecule has 0 N–H and O–H groups in total. The van der Waals surface area contributed by atoms with Crippen molar-refractivity contribution in [3.8, 4) is 0 Å². The maximum atomic E-state index is 3.50. The molecule has 1 heterocycles. The zero-order chi connectivity index (χ0) is 13.9. The molecule has 0 aromatic heterocycles. The standard InChI is InChI=1S/C17H25BrN.BrH/c1-14-17(2,3)15-10-6-7-11-16(15)19(14)13-9-5-4-8-12-18;/h6-7,10-11H,4-5,8-9,12-13H2,1-3H3;1H/q+1;/p-1. The van der Waals surface area contributed by atoms with Gasteiger partial charge < -0.3 is 17.0 Å². The van der Waals surface area contributed by atoms with E-state index in [1.807, 2.05) is 0 Å². The molecule has 0 bridgehead atoms. The fourth-order valence-corrected chi connectivity index (χ4v) is 3.35. The van der Waals surface area contributed by atoms with Gasteiger partial charge in [0.15, 0.2) is 5.71 Å². The van der Waals surface area contributed by atoms with Crippen LogP contribution >= 0.6 is 15.9 Å². The molecule has 0 spiro atoms. The number of nitrogens with zero attached hydrogens (tertiary/aromatic N) is 1. The van der Waals surface area contributed by atoms with Gasteiger partial charge in [-0.2, -0.15) is 4.58 Å². The second-order valence-corrected chi connectivity index (χ2v) is 6.78. The maximum absolute atomic E-state index is 3.50. The number of hydrogen-bond donors (Lipinski definition) is 0. The zero-order valence-corrected chi connectivity index (χ0v) is 15.9. The molecule has 20 heavy (non-hydrogen) atoms. The monoisotopic (exact) mass is 401 g/mol. The van der Waals surface area contributed by atoms with Crippen molar-refractivity contribution in [2.24, 2.45) is 0 Å². The lowest BCUT2D eigenvalue weighted by Gasteiger charge is -2.14. The minimum Gasteiger partial charge on any atom is -1.00 e. The molecular formula is C17H25Br2N. The van der Waals surface area contributed by atoms with E-state index in [1.54, 1.807) is 0 Å². The average Bonchev–Trinajstić information content (AvgIpc) is 2.60. The smallest absolute Gasteiger partial charge is 0.209 e. The lowest BCUT2D eigenvalue weighted by molar-refractivity contribution is -0.439. The molecule has 1 aliphatic heterocycles. The third-order valence-corrected chi connectivity index (χ3v) is 5.00. The van der Waals surface area contributed by atoms with E-state index in [2.05, 4.69) is 65.5 Å². The molecular weight excluding hydrogens is 378 g/mol. The number of rotatable bonds is 6. The van der Waals surface area contributed by atoms with Gasteiger partial charge in [0.1, 0.15) is 6.54 Å². The quantitative estimate of drug-likeness (QED) is 0.389. The molecule has 1 aromatic rings. The van der Waals surface area contributed by atoms with Crippen LogP contribution in [0.25, 0.3) is 0 Å². The molecule has 0 saturated carbocycles. The third-order valence-electron chi connectivity index (χ3n) is 4.44. The topological polar surface area (TPSA) is 3.01 Å². The summed E-state index contributed by atoms with van der Waals surface area (Å²) >= 11 is 3.50. The van der Waals surface area contributed by atoms with Crippen LogP contribution in [-0.2, 0) is 5.41 Å². The molecule has 0 fully saturated rings. The van der Waals surface area contributed by atoms with Crippen molar-refractivity contribution >= 4 is 27.3 Å². The molecule has 1 aromatic carbocycles. The number of alkyl halides is 1. The summed E-state index contributed by atoms with van der Waals surface area (Å²) in [6, 6.07) is 8.87. The highest BCUT2D eigenvalue weighted by molar-refractivity contribution is 9.09. The van der Waals surface area contributed by atoms with Gasteiger partial charge in [-0.3, -0.25) is 0 Å². The Labute approximate surface area is 142 Å². The fraction of sp³-hybridized carbons (Fsp3) is 0.588. The molecule has 0 atom stereocenters. The second kappa shape index (κ2) is 7.74. The minimum absolute atomic E-state index is 0. The van der Waals surface area contributed by atoms with Gasteiger partial charge in [-0.1, -0.05) is 40.5 Å². The van der Waals surface area contributed by atoms with Gasteiger partial charge in [0.2, 0.25) is 5.69 Å². The molecule has 0 radical (unpaired) electrons. The van der Waals surface area contributed by atoms with Crippen molar-refractivity contribution in [3.05, 3.63) is 29.8 Å². The van der Waals surface area contributed by atoms with Crippen molar-refractivity contribution in [1.29, 1.82) is 0 Å². The van der Waals surface area contributed by atoms with Crippen LogP contribution in [0, 0.1) is 0 Å². The van der Waals surface area contributed by atoms with Gasteiger partial charge in [0.05, 0.1) is 5.41 Å². The normalized spacial score (nSPS) is 16.0. The first kappa shape index (κ1) is 17.9. The Hall–Kier alpha value is -0.150. The van der Waals surface area contributed by atoms with Crippen LogP contribution in [0.1, 0.15) is 52.0 Å². The number of fused-ring (bicyclic) bond motifs is 1. The van der Waals surface area contributed by atoms with Crippen LogP contribution in [-0.4, -0.2) is 22.2 Å². The first-order valence-corrected chi connectivity index (χ1v) is 8.48. The summed E-state index contributed by atoms with van der Waals surface area (Å²) in [6.45, 7) is 8.13. The highest BCUT2D eigenvalue weighted by atomic mass is 79.9. The van der Waals surface area contributed by atoms with E-state index in [4.69, 9.17) is 0 Å². The Kier molecular flexibility index (Phi) is 6.93. The van der Waals surface area contributed by atoms with E-state index < -0.39 is 0 Å². The molecule has 2 rings (SSSR count). The first-order valence-electron chi connectivity index (χ1n) is 7.36. The van der Waals surface area contributed by atoms with Crippen molar-refractivity contribution in [3.63, 3.8) is 0 Å². The van der Waals surface area contributed by atoms with Crippen molar-refractivity contribution < 1.29 is 21.6 Å². The number of hydrogen-bond acceptors (Lipinski definition) is 0. The van der Waals surface area contributed by atoms with Crippen LogP contribution in [0.2, 0.25) is 0 Å². The van der Waals surface area contributed by atoms with Crippen LogP contribution in [0.3, 0.4) is 0 Å². The SMILES string of the molecule is CC1=[N+](CCCCCCBr)c2ccccc2C1(C)C.[Br-]. The highest BCUT2D eigenvalue weighted by Gasteiger charge is 2.42. The summed E-state index contributed by atoms with van der Waals surface area (Å²) in [5.41, 5.74) is 4.58. The largest absolute Gasteiger partial charge is 1.00 e. The summed E-state index contributed by atoms with van der Waals surface area (Å²) in [4.78, 5) is 0. The molecule has 0 aliphatic carbocycles. The van der Waals surface area contributed by atoms with E-state index in [0.29, 0.717) is 0 Å². The Morgan fingerprint density at radius 2 is 1.70 bits per heavy atom. The molecule has 0 saturated heterocycles. The molecule has 0 unspecified atom stereocenters. The Morgan fingerprint density at radius 3 is 2.40 bits per heavy atom. The van der Waals surface area contributed by atoms with Crippen LogP contribution in [0.5, 0.6) is 0 Å². The van der Waals surface area contributed by atoms with Gasteiger partial charge >= 0.3 is 0 Å². The van der Waals surface area contributed by atoms with E-state index in [0.717, 1.165) is 11.9 Å². The van der Waals surface area contributed by atoms with Crippen LogP contribution in [0.15, 0.2) is 24.3 Å². The van der Waals surface area contributed by atoms with E-state index in [9.17, 15) is 0 Å². The van der Waals surface area contributed by atoms with Gasteiger partial charge in [-0.15, -0.1) is 0 Å². The highest BCUT2D eigenvalue weighted by Crippen LogP contribution is 2.39. The number of halogens is 2. The van der Waals surface area contributed by atoms with Crippen molar-refractivity contribution in [2.45, 2.75) is 51.9 Å². The molecule has 3 heteroatoms. The molecule has 1 nitrogen and oxygen atoms in total. The van der Waals surface area contributed by atoms with Crippen LogP contribution < -0.4 is 17.0 Å². The molecule has 112 valence electrons. The average molecular weight is 403 g/mol. The predicted molar refractivity (Wildman–Crippen MR) is 87.2 cm³/mol. The number of unbranched alkanes of at least 4 members (excludes halogenated alkanes) is 3. The fourth-order valence-electron chi connectivity index (χ4n) is 2.96. The predicted octanol–water partition coefficient (Wildman–Crippen LogP) is 2.04. The lowest BCUT2D eigenvalue weighted by Crippen LogP contribution is -3.00. The Balaban J connectivity index is 0.00000200. The van der Waals surface area contributed by atoms with E-state index >= 15 is 0 Å². The summed E-state index contributed by atoms with van der Waals surface area (Å²) in [5, 5.41) is 1.14.